The summed E-state index contributed by atoms with van der Waals surface area (Å²) in [7, 11) is 0. The molecule has 0 saturated heterocycles. The molecule has 138 valence electrons. The summed E-state index contributed by atoms with van der Waals surface area (Å²) < 4.78 is 0.769. The first-order valence-corrected chi connectivity index (χ1v) is 9.23. The number of aromatic nitrogens is 1. The lowest BCUT2D eigenvalue weighted by molar-refractivity contribution is 0.0954. The molecule has 0 unspecified atom stereocenters. The maximum absolute atomic E-state index is 12.2. The molecule has 1 amide bonds. The lowest BCUT2D eigenvalue weighted by Crippen LogP contribution is -2.17. The number of nitrogens with one attached hydrogen (secondary N) is 1. The second-order valence-corrected chi connectivity index (χ2v) is 6.63. The van der Waals surface area contributed by atoms with Gasteiger partial charge in [-0.05, 0) is 41.5 Å². The fourth-order valence-electron chi connectivity index (χ4n) is 2.35. The van der Waals surface area contributed by atoms with Gasteiger partial charge < -0.3 is 0 Å². The zero-order valence-electron chi connectivity index (χ0n) is 14.7. The molecule has 0 aliphatic heterocycles. The molecular weight excluding hydrogens is 418 g/mol. The van der Waals surface area contributed by atoms with Gasteiger partial charge >= 0.3 is 0 Å². The molecule has 1 heterocycles. The van der Waals surface area contributed by atoms with Crippen molar-refractivity contribution in [2.24, 2.45) is 5.10 Å². The minimum atomic E-state index is -0.302. The van der Waals surface area contributed by atoms with Gasteiger partial charge in [0.05, 0.1) is 6.21 Å². The Kier molecular flexibility index (Phi) is 6.59. The summed E-state index contributed by atoms with van der Waals surface area (Å²) >= 11 is 3.38. The molecule has 1 N–H and O–H groups in total. The van der Waals surface area contributed by atoms with E-state index in [1.165, 1.54) is 6.08 Å². The van der Waals surface area contributed by atoms with Crippen LogP contribution in [0.1, 0.15) is 31.8 Å². The normalized spacial score (nSPS) is 11.0. The predicted molar refractivity (Wildman–Crippen MR) is 113 cm³/mol. The number of amides is 1. The average Bonchev–Trinajstić information content (AvgIpc) is 2.74. The number of halogens is 1. The van der Waals surface area contributed by atoms with Crippen LogP contribution in [0, 0.1) is 0 Å². The van der Waals surface area contributed by atoms with Gasteiger partial charge in [0.25, 0.3) is 5.91 Å². The zero-order valence-corrected chi connectivity index (χ0v) is 16.3. The van der Waals surface area contributed by atoms with Crippen molar-refractivity contribution in [3.63, 3.8) is 0 Å². The molecule has 28 heavy (non-hydrogen) atoms. The second kappa shape index (κ2) is 9.53. The van der Waals surface area contributed by atoms with Gasteiger partial charge in [0.1, 0.15) is 0 Å². The van der Waals surface area contributed by atoms with Gasteiger partial charge in [-0.1, -0.05) is 58.4 Å². The first kappa shape index (κ1) is 19.4. The SMILES string of the molecule is O=C(N/N=C/c1ccc(/C=C/C(=O)c2ccccc2Br)cc1)c1ccncc1. The van der Waals surface area contributed by atoms with E-state index in [1.807, 2.05) is 42.5 Å². The molecule has 0 aliphatic carbocycles. The third-order valence-corrected chi connectivity index (χ3v) is 4.52. The van der Waals surface area contributed by atoms with Crippen molar-refractivity contribution in [2.45, 2.75) is 0 Å². The maximum Gasteiger partial charge on any atom is 0.271 e. The number of hydrazone groups is 1. The van der Waals surface area contributed by atoms with Crippen molar-refractivity contribution in [3.05, 3.63) is 106 Å². The topological polar surface area (TPSA) is 71.4 Å². The Labute approximate surface area is 171 Å². The molecule has 0 spiro atoms. The van der Waals surface area contributed by atoms with E-state index in [-0.39, 0.29) is 11.7 Å². The quantitative estimate of drug-likeness (QED) is 0.269. The number of allylic oxidation sites excluding steroid dienone is 1. The van der Waals surface area contributed by atoms with Gasteiger partial charge in [-0.2, -0.15) is 5.10 Å². The van der Waals surface area contributed by atoms with Crippen LogP contribution in [0.25, 0.3) is 6.08 Å². The fourth-order valence-corrected chi connectivity index (χ4v) is 2.83. The summed E-state index contributed by atoms with van der Waals surface area (Å²) in [4.78, 5) is 28.0. The smallest absolute Gasteiger partial charge is 0.271 e. The highest BCUT2D eigenvalue weighted by atomic mass is 79.9. The summed E-state index contributed by atoms with van der Waals surface area (Å²) in [6.07, 6.45) is 7.95. The molecule has 0 atom stereocenters. The molecule has 0 saturated carbocycles. The number of carbonyl (C=O) groups is 2. The van der Waals surface area contributed by atoms with Gasteiger partial charge in [0.2, 0.25) is 0 Å². The van der Waals surface area contributed by atoms with Gasteiger partial charge in [-0.3, -0.25) is 14.6 Å². The van der Waals surface area contributed by atoms with Gasteiger partial charge in [0.15, 0.2) is 5.78 Å². The molecule has 0 aliphatic rings. The van der Waals surface area contributed by atoms with Gasteiger partial charge in [-0.25, -0.2) is 5.43 Å². The van der Waals surface area contributed by atoms with Gasteiger partial charge in [-0.15, -0.1) is 0 Å². The predicted octanol–water partition coefficient (Wildman–Crippen LogP) is 4.50. The molecule has 0 radical (unpaired) electrons. The lowest BCUT2D eigenvalue weighted by atomic mass is 10.1. The van der Waals surface area contributed by atoms with Crippen LogP contribution in [0.2, 0.25) is 0 Å². The summed E-state index contributed by atoms with van der Waals surface area (Å²) in [5, 5.41) is 3.95. The van der Waals surface area contributed by atoms with Crippen molar-refractivity contribution in [2.75, 3.05) is 0 Å². The third-order valence-electron chi connectivity index (χ3n) is 3.83. The van der Waals surface area contributed by atoms with Crippen molar-refractivity contribution in [1.29, 1.82) is 0 Å². The van der Waals surface area contributed by atoms with Gasteiger partial charge in [0, 0.05) is 28.0 Å². The Morgan fingerprint density at radius 3 is 2.32 bits per heavy atom. The van der Waals surface area contributed by atoms with Crippen LogP contribution in [0.5, 0.6) is 0 Å². The third kappa shape index (κ3) is 5.31. The zero-order chi connectivity index (χ0) is 19.8. The Balaban J connectivity index is 1.58. The van der Waals surface area contributed by atoms with E-state index in [1.54, 1.807) is 42.9 Å². The number of hydrogen-bond donors (Lipinski definition) is 1. The molecule has 0 bridgehead atoms. The van der Waals surface area contributed by atoms with E-state index < -0.39 is 0 Å². The summed E-state index contributed by atoms with van der Waals surface area (Å²) in [5.74, 6) is -0.374. The largest absolute Gasteiger partial charge is 0.289 e. The van der Waals surface area contributed by atoms with Crippen LogP contribution < -0.4 is 5.43 Å². The van der Waals surface area contributed by atoms with E-state index in [0.29, 0.717) is 11.1 Å². The van der Waals surface area contributed by atoms with E-state index in [4.69, 9.17) is 0 Å². The molecular formula is C22H16BrN3O2. The molecule has 6 heteroatoms. The van der Waals surface area contributed by atoms with E-state index in [0.717, 1.165) is 15.6 Å². The van der Waals surface area contributed by atoms with Crippen LogP contribution in [-0.4, -0.2) is 22.9 Å². The molecule has 3 rings (SSSR count). The summed E-state index contributed by atoms with van der Waals surface area (Å²) in [5.41, 5.74) is 5.28. The molecule has 5 nitrogen and oxygen atoms in total. The Morgan fingerprint density at radius 1 is 0.929 bits per heavy atom. The van der Waals surface area contributed by atoms with Crippen molar-refractivity contribution in [3.8, 4) is 0 Å². The molecule has 3 aromatic rings. The number of nitrogens with zero attached hydrogens (tertiary/aromatic N) is 2. The maximum atomic E-state index is 12.2. The standard InChI is InChI=1S/C22H16BrN3O2/c23-20-4-2-1-3-19(20)21(27)10-9-16-5-7-17(8-6-16)15-25-26-22(28)18-11-13-24-14-12-18/h1-15H,(H,26,28)/b10-9+,25-15+. The Morgan fingerprint density at radius 2 is 1.61 bits per heavy atom. The number of pyridine rings is 1. The number of rotatable bonds is 6. The Hall–Kier alpha value is -3.38. The van der Waals surface area contributed by atoms with Crippen LogP contribution >= 0.6 is 15.9 Å². The molecule has 1 aromatic heterocycles. The number of hydrogen-bond acceptors (Lipinski definition) is 4. The first-order valence-electron chi connectivity index (χ1n) is 8.44. The van der Waals surface area contributed by atoms with E-state index in [2.05, 4.69) is 31.4 Å². The highest BCUT2D eigenvalue weighted by molar-refractivity contribution is 9.10. The number of ketones is 1. The second-order valence-electron chi connectivity index (χ2n) is 5.78. The minimum absolute atomic E-state index is 0.0723. The number of benzene rings is 2. The number of carbonyl (C=O) groups excluding carboxylic acids is 2. The van der Waals surface area contributed by atoms with Crippen LogP contribution in [0.3, 0.4) is 0 Å². The van der Waals surface area contributed by atoms with Crippen molar-refractivity contribution in [1.82, 2.24) is 10.4 Å². The van der Waals surface area contributed by atoms with Crippen molar-refractivity contribution >= 4 is 39.9 Å². The first-order chi connectivity index (χ1) is 13.6. The lowest BCUT2D eigenvalue weighted by Gasteiger charge is -2.00. The summed E-state index contributed by atoms with van der Waals surface area (Å²) in [6, 6.07) is 18.0. The van der Waals surface area contributed by atoms with Crippen molar-refractivity contribution < 1.29 is 9.59 Å². The van der Waals surface area contributed by atoms with Crippen LogP contribution in [0.15, 0.2) is 88.7 Å². The monoisotopic (exact) mass is 433 g/mol. The summed E-state index contributed by atoms with van der Waals surface area (Å²) in [6.45, 7) is 0. The molecule has 0 fully saturated rings. The fraction of sp³-hybridized carbons (Fsp3) is 0. The minimum Gasteiger partial charge on any atom is -0.289 e. The highest BCUT2D eigenvalue weighted by Gasteiger charge is 2.05. The van der Waals surface area contributed by atoms with E-state index >= 15 is 0 Å². The van der Waals surface area contributed by atoms with E-state index in [9.17, 15) is 9.59 Å². The van der Waals surface area contributed by atoms with Crippen LogP contribution in [-0.2, 0) is 0 Å². The highest BCUT2D eigenvalue weighted by Crippen LogP contribution is 2.17. The molecule has 2 aromatic carbocycles. The van der Waals surface area contributed by atoms with Crippen LogP contribution in [0.4, 0.5) is 0 Å². The average molecular weight is 434 g/mol. The Bertz CT molecular complexity index is 1030.